The second-order valence-corrected chi connectivity index (χ2v) is 4.65. The quantitative estimate of drug-likeness (QED) is 0.876. The van der Waals surface area contributed by atoms with Gasteiger partial charge >= 0.3 is 0 Å². The largest absolute Gasteiger partial charge is 0.399 e. The highest BCUT2D eigenvalue weighted by Gasteiger charge is 2.21. The number of amides is 1. The summed E-state index contributed by atoms with van der Waals surface area (Å²) in [6.45, 7) is 2.09. The van der Waals surface area contributed by atoms with Crippen molar-refractivity contribution in [3.63, 3.8) is 0 Å². The predicted octanol–water partition coefficient (Wildman–Crippen LogP) is 3.73. The molecule has 2 aromatic carbocycles. The van der Waals surface area contributed by atoms with E-state index < -0.39 is 5.82 Å². The Balaban J connectivity index is 2.45. The Hall–Kier alpha value is -2.07. The van der Waals surface area contributed by atoms with E-state index in [1.165, 1.54) is 17.0 Å². The SMILES string of the molecule is CCN(C(=O)c1cc(N)ccc1Cl)c1ccccc1F. The molecule has 104 valence electrons. The fraction of sp³-hybridized carbons (Fsp3) is 0.133. The molecule has 3 nitrogen and oxygen atoms in total. The van der Waals surface area contributed by atoms with Crippen molar-refractivity contribution in [3.05, 3.63) is 58.9 Å². The Morgan fingerprint density at radius 3 is 2.65 bits per heavy atom. The summed E-state index contributed by atoms with van der Waals surface area (Å²) in [5, 5.41) is 0.291. The molecular weight excluding hydrogens is 279 g/mol. The second-order valence-electron chi connectivity index (χ2n) is 4.24. The molecule has 0 aliphatic rings. The molecule has 0 atom stereocenters. The van der Waals surface area contributed by atoms with Crippen LogP contribution in [0.1, 0.15) is 17.3 Å². The van der Waals surface area contributed by atoms with Crippen molar-refractivity contribution < 1.29 is 9.18 Å². The fourth-order valence-corrected chi connectivity index (χ4v) is 2.14. The first kappa shape index (κ1) is 14.3. The molecule has 0 aromatic heterocycles. The van der Waals surface area contributed by atoms with Crippen molar-refractivity contribution in [1.82, 2.24) is 0 Å². The first-order valence-electron chi connectivity index (χ1n) is 6.16. The first-order valence-corrected chi connectivity index (χ1v) is 6.53. The molecule has 5 heteroatoms. The number of hydrogen-bond donors (Lipinski definition) is 1. The van der Waals surface area contributed by atoms with E-state index in [4.69, 9.17) is 17.3 Å². The van der Waals surface area contributed by atoms with Crippen LogP contribution in [0.25, 0.3) is 0 Å². The summed E-state index contributed by atoms with van der Waals surface area (Å²) in [5.74, 6) is -0.836. The number of nitrogen functional groups attached to an aromatic ring is 1. The average molecular weight is 293 g/mol. The third-order valence-electron chi connectivity index (χ3n) is 2.93. The lowest BCUT2D eigenvalue weighted by Crippen LogP contribution is -2.31. The molecular formula is C15H14ClFN2O. The number of nitrogens with two attached hydrogens (primary N) is 1. The molecule has 2 N–H and O–H groups in total. The van der Waals surface area contributed by atoms with Crippen LogP contribution in [0.15, 0.2) is 42.5 Å². The summed E-state index contributed by atoms with van der Waals surface area (Å²) >= 11 is 6.02. The summed E-state index contributed by atoms with van der Waals surface area (Å²) in [6, 6.07) is 10.8. The van der Waals surface area contributed by atoms with E-state index in [1.54, 1.807) is 37.3 Å². The van der Waals surface area contributed by atoms with Gasteiger partial charge in [0.05, 0.1) is 16.3 Å². The first-order chi connectivity index (χ1) is 9.54. The molecule has 0 aliphatic heterocycles. The molecule has 0 radical (unpaired) electrons. The van der Waals surface area contributed by atoms with Crippen molar-refractivity contribution in [3.8, 4) is 0 Å². The molecule has 2 aromatic rings. The van der Waals surface area contributed by atoms with Crippen molar-refractivity contribution in [2.75, 3.05) is 17.2 Å². The van der Waals surface area contributed by atoms with Crippen LogP contribution in [-0.4, -0.2) is 12.5 Å². The van der Waals surface area contributed by atoms with E-state index in [-0.39, 0.29) is 17.2 Å². The van der Waals surface area contributed by atoms with Gasteiger partial charge in [-0.3, -0.25) is 4.79 Å². The smallest absolute Gasteiger partial charge is 0.259 e. The molecule has 0 heterocycles. The van der Waals surface area contributed by atoms with Crippen molar-refractivity contribution in [2.45, 2.75) is 6.92 Å². The number of carbonyl (C=O) groups excluding carboxylic acids is 1. The monoisotopic (exact) mass is 292 g/mol. The maximum Gasteiger partial charge on any atom is 0.259 e. The van der Waals surface area contributed by atoms with Crippen molar-refractivity contribution in [2.24, 2.45) is 0 Å². The lowest BCUT2D eigenvalue weighted by atomic mass is 10.1. The van der Waals surface area contributed by atoms with E-state index in [0.717, 1.165) is 0 Å². The average Bonchev–Trinajstić information content (AvgIpc) is 2.44. The van der Waals surface area contributed by atoms with Gasteiger partial charge in [-0.05, 0) is 37.3 Å². The lowest BCUT2D eigenvalue weighted by Gasteiger charge is -2.22. The molecule has 20 heavy (non-hydrogen) atoms. The van der Waals surface area contributed by atoms with Gasteiger partial charge in [0.2, 0.25) is 0 Å². The summed E-state index contributed by atoms with van der Waals surface area (Å²) in [4.78, 5) is 13.9. The van der Waals surface area contributed by atoms with Crippen LogP contribution >= 0.6 is 11.6 Å². The molecule has 1 amide bonds. The maximum atomic E-state index is 13.8. The minimum Gasteiger partial charge on any atom is -0.399 e. The van der Waals surface area contributed by atoms with Crippen molar-refractivity contribution >= 4 is 28.9 Å². The highest BCUT2D eigenvalue weighted by Crippen LogP contribution is 2.25. The molecule has 0 spiro atoms. The second kappa shape index (κ2) is 5.92. The molecule has 0 saturated carbocycles. The highest BCUT2D eigenvalue weighted by atomic mass is 35.5. The minimum atomic E-state index is -0.456. The molecule has 0 aliphatic carbocycles. The summed E-state index contributed by atoms with van der Waals surface area (Å²) in [6.07, 6.45) is 0. The van der Waals surface area contributed by atoms with Gasteiger partial charge < -0.3 is 10.6 Å². The Morgan fingerprint density at radius 1 is 1.30 bits per heavy atom. The van der Waals surface area contributed by atoms with Gasteiger partial charge in [-0.1, -0.05) is 23.7 Å². The number of halogens is 2. The van der Waals surface area contributed by atoms with Crippen molar-refractivity contribution in [1.29, 1.82) is 0 Å². The van der Waals surface area contributed by atoms with Gasteiger partial charge in [-0.15, -0.1) is 0 Å². The molecule has 0 bridgehead atoms. The van der Waals surface area contributed by atoms with Crippen LogP contribution in [0.3, 0.4) is 0 Å². The zero-order valence-corrected chi connectivity index (χ0v) is 11.7. The van der Waals surface area contributed by atoms with Crippen LogP contribution in [0.5, 0.6) is 0 Å². The van der Waals surface area contributed by atoms with Crippen LogP contribution in [0.2, 0.25) is 5.02 Å². The number of carbonyl (C=O) groups is 1. The van der Waals surface area contributed by atoms with Gasteiger partial charge in [0.25, 0.3) is 5.91 Å². The number of para-hydroxylation sites is 1. The summed E-state index contributed by atoms with van der Waals surface area (Å²) < 4.78 is 13.8. The minimum absolute atomic E-state index is 0.221. The van der Waals surface area contributed by atoms with Gasteiger partial charge in [-0.25, -0.2) is 4.39 Å². The van der Waals surface area contributed by atoms with E-state index in [1.807, 2.05) is 0 Å². The zero-order valence-electron chi connectivity index (χ0n) is 10.9. The van der Waals surface area contributed by atoms with E-state index in [0.29, 0.717) is 17.3 Å². The maximum absolute atomic E-state index is 13.8. The van der Waals surface area contributed by atoms with Crippen LogP contribution < -0.4 is 10.6 Å². The number of nitrogens with zero attached hydrogens (tertiary/aromatic N) is 1. The standard InChI is InChI=1S/C15H14ClFN2O/c1-2-19(14-6-4-3-5-13(14)17)15(20)11-9-10(18)7-8-12(11)16/h3-9H,2,18H2,1H3. The van der Waals surface area contributed by atoms with Crippen LogP contribution in [0.4, 0.5) is 15.8 Å². The number of rotatable bonds is 3. The third kappa shape index (κ3) is 2.75. The van der Waals surface area contributed by atoms with Gasteiger partial charge in [-0.2, -0.15) is 0 Å². The predicted molar refractivity (Wildman–Crippen MR) is 79.6 cm³/mol. The van der Waals surface area contributed by atoms with Gasteiger partial charge in [0.1, 0.15) is 5.82 Å². The van der Waals surface area contributed by atoms with E-state index in [9.17, 15) is 9.18 Å². The Labute approximate surface area is 121 Å². The summed E-state index contributed by atoms with van der Waals surface area (Å²) in [7, 11) is 0. The zero-order chi connectivity index (χ0) is 14.7. The normalized spacial score (nSPS) is 10.3. The number of benzene rings is 2. The Bertz CT molecular complexity index is 646. The Kier molecular flexibility index (Phi) is 4.25. The van der Waals surface area contributed by atoms with Crippen LogP contribution in [-0.2, 0) is 0 Å². The fourth-order valence-electron chi connectivity index (χ4n) is 1.95. The Morgan fingerprint density at radius 2 is 2.00 bits per heavy atom. The molecule has 0 unspecified atom stereocenters. The highest BCUT2D eigenvalue weighted by molar-refractivity contribution is 6.34. The lowest BCUT2D eigenvalue weighted by molar-refractivity contribution is 0.0987. The van der Waals surface area contributed by atoms with E-state index >= 15 is 0 Å². The topological polar surface area (TPSA) is 46.3 Å². The van der Waals surface area contributed by atoms with Gasteiger partial charge in [0, 0.05) is 12.2 Å². The number of anilines is 2. The molecule has 2 rings (SSSR count). The van der Waals surface area contributed by atoms with Gasteiger partial charge in [0.15, 0.2) is 0 Å². The molecule has 0 saturated heterocycles. The van der Waals surface area contributed by atoms with E-state index in [2.05, 4.69) is 0 Å². The third-order valence-corrected chi connectivity index (χ3v) is 3.26. The number of hydrogen-bond acceptors (Lipinski definition) is 2. The summed E-state index contributed by atoms with van der Waals surface area (Å²) in [5.41, 5.74) is 6.59. The molecule has 0 fully saturated rings. The van der Waals surface area contributed by atoms with Crippen LogP contribution in [0, 0.1) is 5.82 Å².